The molecular formula is C23H20F7N3O7. The fraction of sp³-hybridized carbons (Fsp3) is 0.348. The maximum absolute atomic E-state index is 13.8. The number of aliphatic carboxylic acids is 1. The zero-order valence-electron chi connectivity index (χ0n) is 20.5. The molecule has 0 saturated carbocycles. The number of pyridine rings is 1. The summed E-state index contributed by atoms with van der Waals surface area (Å²) in [6.07, 6.45) is -6.29. The molecule has 0 fully saturated rings. The van der Waals surface area contributed by atoms with Crippen LogP contribution in [0.2, 0.25) is 0 Å². The van der Waals surface area contributed by atoms with Gasteiger partial charge in [-0.3, -0.25) is 24.0 Å². The zero-order valence-corrected chi connectivity index (χ0v) is 20.5. The van der Waals surface area contributed by atoms with Crippen LogP contribution in [0.15, 0.2) is 23.1 Å². The topological polar surface area (TPSA) is 144 Å². The van der Waals surface area contributed by atoms with Gasteiger partial charge in [-0.05, 0) is 12.5 Å². The van der Waals surface area contributed by atoms with E-state index in [0.29, 0.717) is 10.6 Å². The SMILES string of the molecule is CC[C@H](C(=O)NC(CC(=O)O)C(=O)COc1c(F)c(F)cc(F)c1F)n1cc(C(F)(F)F)cc(NC(C)=O)c1=O. The Morgan fingerprint density at radius 2 is 1.62 bits per heavy atom. The second-order valence-electron chi connectivity index (χ2n) is 8.17. The number of carboxylic acids is 1. The first-order valence-electron chi connectivity index (χ1n) is 11.1. The van der Waals surface area contributed by atoms with E-state index >= 15 is 0 Å². The van der Waals surface area contributed by atoms with Crippen molar-refractivity contribution < 1.29 is 59.8 Å². The van der Waals surface area contributed by atoms with E-state index in [4.69, 9.17) is 5.11 Å². The number of hydrogen-bond donors (Lipinski definition) is 3. The maximum Gasteiger partial charge on any atom is 0.417 e. The third-order valence-corrected chi connectivity index (χ3v) is 5.22. The summed E-state index contributed by atoms with van der Waals surface area (Å²) in [5, 5.41) is 12.9. The maximum atomic E-state index is 13.8. The molecule has 0 spiro atoms. The van der Waals surface area contributed by atoms with Crippen molar-refractivity contribution >= 4 is 29.3 Å². The minimum Gasteiger partial charge on any atom is -0.481 e. The summed E-state index contributed by atoms with van der Waals surface area (Å²) in [6.45, 7) is 0.770. The van der Waals surface area contributed by atoms with Gasteiger partial charge in [-0.25, -0.2) is 8.78 Å². The van der Waals surface area contributed by atoms with Crippen LogP contribution in [0.5, 0.6) is 5.75 Å². The molecule has 2 amide bonds. The molecule has 1 aromatic carbocycles. The second kappa shape index (κ2) is 12.6. The van der Waals surface area contributed by atoms with Crippen molar-refractivity contribution in [3.05, 3.63) is 57.5 Å². The number of anilines is 1. The summed E-state index contributed by atoms with van der Waals surface area (Å²) in [4.78, 5) is 60.9. The van der Waals surface area contributed by atoms with E-state index in [9.17, 15) is 54.7 Å². The Morgan fingerprint density at radius 1 is 1.05 bits per heavy atom. The van der Waals surface area contributed by atoms with Crippen LogP contribution in [0.4, 0.5) is 36.4 Å². The number of carbonyl (C=O) groups excluding carboxylic acids is 3. The molecule has 3 N–H and O–H groups in total. The average Bonchev–Trinajstić information content (AvgIpc) is 2.83. The minimum atomic E-state index is -5.03. The highest BCUT2D eigenvalue weighted by atomic mass is 19.4. The molecule has 10 nitrogen and oxygen atoms in total. The first-order valence-corrected chi connectivity index (χ1v) is 11.1. The normalized spacial score (nSPS) is 12.8. The number of rotatable bonds is 11. The zero-order chi connectivity index (χ0) is 30.5. The number of alkyl halides is 3. The number of nitrogens with one attached hydrogen (secondary N) is 2. The van der Waals surface area contributed by atoms with Crippen molar-refractivity contribution in [3.8, 4) is 5.75 Å². The van der Waals surface area contributed by atoms with Gasteiger partial charge in [0.1, 0.15) is 24.4 Å². The largest absolute Gasteiger partial charge is 0.481 e. The Kier molecular flexibility index (Phi) is 10.0. The molecule has 2 aromatic rings. The Hall–Kier alpha value is -4.44. The summed E-state index contributed by atoms with van der Waals surface area (Å²) >= 11 is 0. The van der Waals surface area contributed by atoms with Gasteiger partial charge in [-0.1, -0.05) is 6.92 Å². The molecule has 40 heavy (non-hydrogen) atoms. The second-order valence-corrected chi connectivity index (χ2v) is 8.17. The smallest absolute Gasteiger partial charge is 0.417 e. The lowest BCUT2D eigenvalue weighted by Gasteiger charge is -2.23. The third kappa shape index (κ3) is 7.57. The number of carboxylic acid groups (broad SMARTS) is 1. The molecule has 0 aliphatic rings. The van der Waals surface area contributed by atoms with Crippen LogP contribution >= 0.6 is 0 Å². The van der Waals surface area contributed by atoms with Crippen molar-refractivity contribution in [3.63, 3.8) is 0 Å². The predicted octanol–water partition coefficient (Wildman–Crippen LogP) is 2.94. The van der Waals surface area contributed by atoms with Gasteiger partial charge in [0.05, 0.1) is 12.0 Å². The monoisotopic (exact) mass is 583 g/mol. The number of ether oxygens (including phenoxy) is 1. The number of nitrogens with zero attached hydrogens (tertiary/aromatic N) is 1. The lowest BCUT2D eigenvalue weighted by Crippen LogP contribution is -2.48. The van der Waals surface area contributed by atoms with Gasteiger partial charge < -0.3 is 25.0 Å². The first-order chi connectivity index (χ1) is 18.5. The number of aromatic nitrogens is 1. The average molecular weight is 583 g/mol. The predicted molar refractivity (Wildman–Crippen MR) is 120 cm³/mol. The number of ketones is 1. The molecule has 1 heterocycles. The van der Waals surface area contributed by atoms with E-state index in [2.05, 4.69) is 4.74 Å². The molecule has 17 heteroatoms. The summed E-state index contributed by atoms with van der Waals surface area (Å²) in [5.41, 5.74) is -3.50. The van der Waals surface area contributed by atoms with Gasteiger partial charge in [-0.15, -0.1) is 0 Å². The lowest BCUT2D eigenvalue weighted by atomic mass is 10.1. The van der Waals surface area contributed by atoms with Crippen LogP contribution in [0, 0.1) is 23.3 Å². The van der Waals surface area contributed by atoms with Gasteiger partial charge in [0.25, 0.3) is 5.56 Å². The van der Waals surface area contributed by atoms with Crippen molar-refractivity contribution in [1.82, 2.24) is 9.88 Å². The minimum absolute atomic E-state index is 0.134. The van der Waals surface area contributed by atoms with Crippen molar-refractivity contribution in [2.45, 2.75) is 44.9 Å². The Balaban J connectivity index is 2.40. The fourth-order valence-corrected chi connectivity index (χ4v) is 3.39. The van der Waals surface area contributed by atoms with E-state index in [-0.39, 0.29) is 18.7 Å². The van der Waals surface area contributed by atoms with Gasteiger partial charge in [0.2, 0.25) is 23.4 Å². The molecule has 2 atom stereocenters. The van der Waals surface area contributed by atoms with Crippen LogP contribution in [0.1, 0.15) is 38.3 Å². The van der Waals surface area contributed by atoms with E-state index in [0.717, 1.165) is 6.92 Å². The standard InChI is InChI=1S/C23H20F7N3O7/c1-3-15(33-7-10(23(28,29)30)4-14(22(33)39)31-9(2)34)21(38)32-13(6-17(36)37)16(35)8-40-20-18(26)11(24)5-12(25)19(20)27/h4-5,7,13,15H,3,6,8H2,1-2H3,(H,31,34)(H,32,38)(H,36,37)/t13?,15-/m1/s1. The van der Waals surface area contributed by atoms with Crippen LogP contribution in [0.3, 0.4) is 0 Å². The molecule has 1 unspecified atom stereocenters. The Morgan fingerprint density at radius 3 is 2.10 bits per heavy atom. The van der Waals surface area contributed by atoms with Crippen LogP contribution in [-0.4, -0.2) is 45.9 Å². The highest BCUT2D eigenvalue weighted by molar-refractivity contribution is 5.94. The summed E-state index contributed by atoms with van der Waals surface area (Å²) in [6, 6.07) is -3.60. The molecule has 2 rings (SSSR count). The van der Waals surface area contributed by atoms with Gasteiger partial charge >= 0.3 is 12.1 Å². The Labute approximate surface area is 219 Å². The number of carbonyl (C=O) groups is 4. The van der Waals surface area contributed by atoms with Crippen LogP contribution < -0.4 is 20.9 Å². The molecule has 0 bridgehead atoms. The molecular weight excluding hydrogens is 563 g/mol. The third-order valence-electron chi connectivity index (χ3n) is 5.22. The summed E-state index contributed by atoms with van der Waals surface area (Å²) < 4.78 is 99.4. The summed E-state index contributed by atoms with van der Waals surface area (Å²) in [5.74, 6) is -14.7. The van der Waals surface area contributed by atoms with Gasteiger partial charge in [0, 0.05) is 19.2 Å². The molecule has 0 saturated heterocycles. The van der Waals surface area contributed by atoms with Gasteiger partial charge in [0.15, 0.2) is 23.2 Å². The van der Waals surface area contributed by atoms with Gasteiger partial charge in [-0.2, -0.15) is 22.0 Å². The number of amides is 2. The molecule has 0 aliphatic heterocycles. The highest BCUT2D eigenvalue weighted by Gasteiger charge is 2.35. The van der Waals surface area contributed by atoms with E-state index < -0.39 is 101 Å². The fourth-order valence-electron chi connectivity index (χ4n) is 3.39. The lowest BCUT2D eigenvalue weighted by molar-refractivity contribution is -0.141. The molecule has 1 aromatic heterocycles. The van der Waals surface area contributed by atoms with Crippen LogP contribution in [0.25, 0.3) is 0 Å². The molecule has 218 valence electrons. The first kappa shape index (κ1) is 31.8. The number of halogens is 7. The number of hydrogen-bond acceptors (Lipinski definition) is 6. The quantitative estimate of drug-likeness (QED) is 0.273. The Bertz CT molecular complexity index is 1370. The van der Waals surface area contributed by atoms with E-state index in [1.165, 1.54) is 6.92 Å². The van der Waals surface area contributed by atoms with E-state index in [1.54, 1.807) is 0 Å². The number of benzene rings is 1. The van der Waals surface area contributed by atoms with Crippen molar-refractivity contribution in [1.29, 1.82) is 0 Å². The van der Waals surface area contributed by atoms with E-state index in [1.807, 2.05) is 10.6 Å². The summed E-state index contributed by atoms with van der Waals surface area (Å²) in [7, 11) is 0. The van der Waals surface area contributed by atoms with Crippen molar-refractivity contribution in [2.24, 2.45) is 0 Å². The van der Waals surface area contributed by atoms with Crippen LogP contribution in [-0.2, 0) is 25.4 Å². The molecule has 0 radical (unpaired) electrons. The van der Waals surface area contributed by atoms with Crippen molar-refractivity contribution in [2.75, 3.05) is 11.9 Å². The highest BCUT2D eigenvalue weighted by Crippen LogP contribution is 2.31. The molecule has 0 aliphatic carbocycles. The number of Topliss-reactive ketones (excluding diaryl/α,β-unsaturated/α-hetero) is 1.